The van der Waals surface area contributed by atoms with E-state index in [1.165, 1.54) is 5.01 Å². The van der Waals surface area contributed by atoms with Crippen molar-refractivity contribution in [1.29, 1.82) is 0 Å². The first kappa shape index (κ1) is 13.6. The van der Waals surface area contributed by atoms with Gasteiger partial charge < -0.3 is 14.6 Å². The van der Waals surface area contributed by atoms with E-state index in [2.05, 4.69) is 5.10 Å². The van der Waals surface area contributed by atoms with Gasteiger partial charge in [-0.15, -0.1) is 0 Å². The molecule has 2 aromatic rings. The predicted octanol–water partition coefficient (Wildman–Crippen LogP) is 2.43. The average molecular weight is 310 g/mol. The minimum absolute atomic E-state index is 0.156. The van der Waals surface area contributed by atoms with Gasteiger partial charge in [0.15, 0.2) is 11.5 Å². The zero-order valence-corrected chi connectivity index (χ0v) is 12.2. The van der Waals surface area contributed by atoms with Crippen LogP contribution in [0.2, 0.25) is 0 Å². The summed E-state index contributed by atoms with van der Waals surface area (Å²) in [5.74, 6) is 1.53. The van der Waals surface area contributed by atoms with Crippen molar-refractivity contribution >= 4 is 12.1 Å². The van der Waals surface area contributed by atoms with Gasteiger partial charge in [-0.25, -0.2) is 5.01 Å². The van der Waals surface area contributed by atoms with Gasteiger partial charge in [-0.2, -0.15) is 5.10 Å². The average Bonchev–Trinajstić information content (AvgIpc) is 3.21. The number of ether oxygens (including phenoxy) is 2. The minimum atomic E-state index is -0.225. The molecule has 0 bridgehead atoms. The van der Waals surface area contributed by atoms with Crippen molar-refractivity contribution in [1.82, 2.24) is 5.01 Å². The second kappa shape index (κ2) is 5.31. The lowest BCUT2D eigenvalue weighted by atomic mass is 9.98. The van der Waals surface area contributed by atoms with Crippen LogP contribution >= 0.6 is 0 Å². The number of phenolic OH excluding ortho intramolecular Hbond substituents is 1. The molecule has 0 saturated carbocycles. The monoisotopic (exact) mass is 310 g/mol. The third kappa shape index (κ3) is 2.28. The van der Waals surface area contributed by atoms with E-state index < -0.39 is 0 Å². The number of fused-ring (bicyclic) bond motifs is 1. The van der Waals surface area contributed by atoms with Gasteiger partial charge in [0.05, 0.1) is 11.8 Å². The van der Waals surface area contributed by atoms with Crippen LogP contribution in [-0.2, 0) is 4.79 Å². The Balaban J connectivity index is 1.67. The zero-order valence-electron chi connectivity index (χ0n) is 12.2. The molecule has 1 amide bonds. The molecule has 0 fully saturated rings. The van der Waals surface area contributed by atoms with Crippen LogP contribution in [0.1, 0.15) is 23.6 Å². The van der Waals surface area contributed by atoms with E-state index in [4.69, 9.17) is 9.47 Å². The summed E-state index contributed by atoms with van der Waals surface area (Å²) in [5.41, 5.74) is 2.23. The van der Waals surface area contributed by atoms with E-state index in [9.17, 15) is 9.90 Å². The van der Waals surface area contributed by atoms with Gasteiger partial charge in [0.2, 0.25) is 13.2 Å². The molecule has 6 heteroatoms. The number of para-hydroxylation sites is 1. The summed E-state index contributed by atoms with van der Waals surface area (Å²) in [5, 5.41) is 15.7. The van der Waals surface area contributed by atoms with Gasteiger partial charge in [0.1, 0.15) is 5.75 Å². The first-order chi connectivity index (χ1) is 11.3. The molecule has 116 valence electrons. The number of hydrogen-bond acceptors (Lipinski definition) is 5. The molecule has 1 N–H and O–H groups in total. The largest absolute Gasteiger partial charge is 0.507 e. The Morgan fingerprint density at radius 3 is 2.83 bits per heavy atom. The lowest BCUT2D eigenvalue weighted by Crippen LogP contribution is -2.17. The Morgan fingerprint density at radius 2 is 2.00 bits per heavy atom. The number of benzene rings is 2. The maximum absolute atomic E-state index is 11.4. The van der Waals surface area contributed by atoms with E-state index in [-0.39, 0.29) is 18.6 Å². The van der Waals surface area contributed by atoms with Gasteiger partial charge in [0, 0.05) is 12.0 Å². The highest BCUT2D eigenvalue weighted by Gasteiger charge is 2.30. The first-order valence-corrected chi connectivity index (χ1v) is 7.25. The molecule has 1 atom stereocenters. The maximum Gasteiger partial charge on any atom is 0.231 e. The SMILES string of the molecule is O=CN1N=C(c2ccccc2O)C[C@@H]1c1ccc2c(c1)OCO2. The fraction of sp³-hybridized carbons (Fsp3) is 0.176. The van der Waals surface area contributed by atoms with E-state index in [1.54, 1.807) is 18.2 Å². The van der Waals surface area contributed by atoms with Crippen LogP contribution in [-0.4, -0.2) is 29.0 Å². The number of aromatic hydroxyl groups is 1. The van der Waals surface area contributed by atoms with Crippen LogP contribution in [0.5, 0.6) is 17.2 Å². The van der Waals surface area contributed by atoms with E-state index in [0.29, 0.717) is 35.6 Å². The Kier molecular flexibility index (Phi) is 3.15. The molecule has 0 saturated heterocycles. The minimum Gasteiger partial charge on any atom is -0.507 e. The summed E-state index contributed by atoms with van der Waals surface area (Å²) in [6.07, 6.45) is 1.22. The van der Waals surface area contributed by atoms with Crippen LogP contribution in [0.4, 0.5) is 0 Å². The predicted molar refractivity (Wildman–Crippen MR) is 82.5 cm³/mol. The first-order valence-electron chi connectivity index (χ1n) is 7.25. The number of carbonyl (C=O) groups is 1. The van der Waals surface area contributed by atoms with Crippen molar-refractivity contribution in [3.8, 4) is 17.2 Å². The molecule has 2 aliphatic rings. The van der Waals surface area contributed by atoms with E-state index in [0.717, 1.165) is 5.56 Å². The Bertz CT molecular complexity index is 803. The van der Waals surface area contributed by atoms with Crippen LogP contribution in [0.25, 0.3) is 0 Å². The number of rotatable bonds is 3. The van der Waals surface area contributed by atoms with Crippen LogP contribution < -0.4 is 9.47 Å². The van der Waals surface area contributed by atoms with Crippen molar-refractivity contribution in [3.05, 3.63) is 53.6 Å². The number of nitrogens with zero attached hydrogens (tertiary/aromatic N) is 2. The van der Waals surface area contributed by atoms with Crippen molar-refractivity contribution in [2.75, 3.05) is 6.79 Å². The molecule has 4 rings (SSSR count). The number of hydrazone groups is 1. The second-order valence-corrected chi connectivity index (χ2v) is 5.38. The Morgan fingerprint density at radius 1 is 1.17 bits per heavy atom. The summed E-state index contributed by atoms with van der Waals surface area (Å²) in [7, 11) is 0. The Labute approximate surface area is 132 Å². The quantitative estimate of drug-likeness (QED) is 0.884. The summed E-state index contributed by atoms with van der Waals surface area (Å²) in [6.45, 7) is 0.209. The molecule has 2 aromatic carbocycles. The normalized spacial score (nSPS) is 18.9. The molecule has 0 unspecified atom stereocenters. The van der Waals surface area contributed by atoms with Gasteiger partial charge in [-0.1, -0.05) is 18.2 Å². The van der Waals surface area contributed by atoms with Crippen LogP contribution in [0.3, 0.4) is 0 Å². The molecule has 0 aliphatic carbocycles. The lowest BCUT2D eigenvalue weighted by molar-refractivity contribution is -0.119. The number of phenols is 1. The van der Waals surface area contributed by atoms with Crippen molar-refractivity contribution in [2.45, 2.75) is 12.5 Å². The molecular formula is C17H14N2O4. The highest BCUT2D eigenvalue weighted by atomic mass is 16.7. The number of carbonyl (C=O) groups excluding carboxylic acids is 1. The standard InChI is InChI=1S/C17H14N2O4/c20-9-19-14(11-5-6-16-17(7-11)23-10-22-16)8-13(18-19)12-3-1-2-4-15(12)21/h1-7,9,14,21H,8,10H2/t14-/m1/s1. The van der Waals surface area contributed by atoms with Crippen LogP contribution in [0, 0.1) is 0 Å². The summed E-state index contributed by atoms with van der Waals surface area (Å²) in [4.78, 5) is 11.4. The summed E-state index contributed by atoms with van der Waals surface area (Å²) in [6, 6.07) is 12.4. The topological polar surface area (TPSA) is 71.4 Å². The summed E-state index contributed by atoms with van der Waals surface area (Å²) < 4.78 is 10.7. The maximum atomic E-state index is 11.4. The molecule has 23 heavy (non-hydrogen) atoms. The van der Waals surface area contributed by atoms with Gasteiger partial charge in [-0.3, -0.25) is 4.79 Å². The number of hydrogen-bond donors (Lipinski definition) is 1. The highest BCUT2D eigenvalue weighted by molar-refractivity contribution is 6.04. The molecule has 0 radical (unpaired) electrons. The van der Waals surface area contributed by atoms with E-state index >= 15 is 0 Å². The molecule has 2 aliphatic heterocycles. The lowest BCUT2D eigenvalue weighted by Gasteiger charge is -2.17. The highest BCUT2D eigenvalue weighted by Crippen LogP contribution is 2.39. The third-order valence-corrected chi connectivity index (χ3v) is 4.05. The van der Waals surface area contributed by atoms with Gasteiger partial charge in [-0.05, 0) is 29.8 Å². The molecule has 2 heterocycles. The van der Waals surface area contributed by atoms with Crippen LogP contribution in [0.15, 0.2) is 47.6 Å². The smallest absolute Gasteiger partial charge is 0.231 e. The molecule has 0 spiro atoms. The molecule has 6 nitrogen and oxygen atoms in total. The van der Waals surface area contributed by atoms with Crippen molar-refractivity contribution in [3.63, 3.8) is 0 Å². The van der Waals surface area contributed by atoms with Gasteiger partial charge in [0.25, 0.3) is 0 Å². The number of amides is 1. The van der Waals surface area contributed by atoms with Crippen molar-refractivity contribution in [2.24, 2.45) is 5.10 Å². The van der Waals surface area contributed by atoms with Gasteiger partial charge >= 0.3 is 0 Å². The zero-order chi connectivity index (χ0) is 15.8. The van der Waals surface area contributed by atoms with E-state index in [1.807, 2.05) is 24.3 Å². The summed E-state index contributed by atoms with van der Waals surface area (Å²) >= 11 is 0. The second-order valence-electron chi connectivity index (χ2n) is 5.38. The fourth-order valence-corrected chi connectivity index (χ4v) is 2.90. The Hall–Kier alpha value is -3.02. The molecular weight excluding hydrogens is 296 g/mol. The fourth-order valence-electron chi connectivity index (χ4n) is 2.90. The third-order valence-electron chi connectivity index (χ3n) is 4.05. The molecule has 0 aromatic heterocycles. The van der Waals surface area contributed by atoms with Crippen molar-refractivity contribution < 1.29 is 19.4 Å².